The van der Waals surface area contributed by atoms with Crippen LogP contribution in [0.25, 0.3) is 0 Å². The molecule has 14 rings (SSSR count). The van der Waals surface area contributed by atoms with Gasteiger partial charge in [-0.15, -0.1) is 34.0 Å². The van der Waals surface area contributed by atoms with Gasteiger partial charge in [0.2, 0.25) is 27.7 Å². The summed E-state index contributed by atoms with van der Waals surface area (Å²) in [5, 5.41) is 6.60. The Hall–Kier alpha value is -8.01. The van der Waals surface area contributed by atoms with Gasteiger partial charge in [-0.3, -0.25) is 43.2 Å². The molecule has 0 bridgehead atoms. The maximum Gasteiger partial charge on any atom is 0.263 e. The molecule has 8 aromatic rings. The minimum absolute atomic E-state index is 0. The summed E-state index contributed by atoms with van der Waals surface area (Å²) in [6.45, 7) is 10.6. The fraction of sp³-hybridized carbons (Fsp3) is 0.382. The highest BCUT2D eigenvalue weighted by atomic mass is 35.5. The van der Waals surface area contributed by atoms with Crippen molar-refractivity contribution in [3.63, 3.8) is 0 Å². The molecule has 3 atom stereocenters. The number of sulfonamides is 4. The van der Waals surface area contributed by atoms with Gasteiger partial charge in [0.05, 0.1) is 57.0 Å². The van der Waals surface area contributed by atoms with Gasteiger partial charge >= 0.3 is 0 Å². The quantitative estimate of drug-likeness (QED) is 0.0568. The van der Waals surface area contributed by atoms with Gasteiger partial charge < -0.3 is 29.2 Å². The number of methoxy groups -OCH3 is 1. The standard InChI is InChI=1S/C24H26ClN5O4S2.C23H23F2N5O3S2.C21H29N5O5S3.6H2/c1-34-22-7-2-17(25)16-21(22)29-13-11-28(12-14-29)20-8-10-30(23(20)31)18-3-5-19(6-4-18)36(32,33)27-24-26-9-15-35-24;24-18-2-1-3-19(21(18)25)28-11-13-29(14-12-28)20-8-10-30(22(20)31)16-4-6-17(7-5-16)35(32,33)27-23-26-9-15-34-23;1-2-3-16-33(28,29)25-13-11-24(12-14-25)19-8-10-26(20(19)27)17-4-6-18(7-5-17)34(30,31)23-21-22-9-15-32-21;;;;;;/h2-7,9,15-16,20H,8,10-14H2,1H3,(H,26,27);1-7,9,15,20H,8,10-14H2,(H,26,27);4-7,9,15,19H,2-3,8,10-14,16H2,1H3,(H,22,23);6*1H/t2*20-;19-;;;;;;/m000....../s1. The summed E-state index contributed by atoms with van der Waals surface area (Å²) in [5.41, 5.74) is 3.16. The maximum atomic E-state index is 14.1. The Kier molecular flexibility index (Phi) is 24.4. The van der Waals surface area contributed by atoms with Crippen LogP contribution in [-0.2, 0) is 54.5 Å². The smallest absolute Gasteiger partial charge is 0.263 e. The third kappa shape index (κ3) is 18.0. The van der Waals surface area contributed by atoms with Gasteiger partial charge in [0.25, 0.3) is 30.1 Å². The second-order valence-corrected chi connectivity index (χ2v) is 35.5. The summed E-state index contributed by atoms with van der Waals surface area (Å²) in [6, 6.07) is 27.8. The highest BCUT2D eigenvalue weighted by Crippen LogP contribution is 2.36. The Bertz CT molecular complexity index is 4830. The van der Waals surface area contributed by atoms with E-state index in [2.05, 4.69) is 48.7 Å². The number of carbonyl (C=O) groups excluding carboxylic acids is 3. The van der Waals surface area contributed by atoms with Crippen LogP contribution in [0.2, 0.25) is 5.02 Å². The topological polar surface area (TPSA) is 301 Å². The van der Waals surface area contributed by atoms with Crippen molar-refractivity contribution >= 4 is 147 Å². The Labute approximate surface area is 635 Å². The molecule has 9 heterocycles. The summed E-state index contributed by atoms with van der Waals surface area (Å²) >= 11 is 9.79. The number of hydrogen-bond acceptors (Lipinski definition) is 23. The van der Waals surface area contributed by atoms with Crippen molar-refractivity contribution in [3.8, 4) is 5.75 Å². The van der Waals surface area contributed by atoms with Crippen molar-refractivity contribution in [1.29, 1.82) is 0 Å². The predicted octanol–water partition coefficient (Wildman–Crippen LogP) is 9.96. The second-order valence-electron chi connectivity index (χ2n) is 25.2. The van der Waals surface area contributed by atoms with Crippen LogP contribution in [0, 0.1) is 11.6 Å². The second kappa shape index (κ2) is 33.4. The molecule has 105 heavy (non-hydrogen) atoms. The molecule has 0 spiro atoms. The fourth-order valence-electron chi connectivity index (χ4n) is 13.5. The molecule has 6 fully saturated rings. The third-order valence-electron chi connectivity index (χ3n) is 19.0. The lowest BCUT2D eigenvalue weighted by Gasteiger charge is -2.38. The molecular weight excluding hydrogens is 1520 g/mol. The van der Waals surface area contributed by atoms with Gasteiger partial charge in [0.1, 0.15) is 5.75 Å². The van der Waals surface area contributed by atoms with Crippen LogP contribution < -0.4 is 43.4 Å². The zero-order valence-electron chi connectivity index (χ0n) is 57.2. The number of benzene rings is 5. The molecule has 6 saturated heterocycles. The molecule has 6 aliphatic rings. The van der Waals surface area contributed by atoms with Gasteiger partial charge in [-0.2, -0.15) is 4.31 Å². The van der Waals surface area contributed by atoms with Crippen LogP contribution in [0.4, 0.5) is 52.6 Å². The van der Waals surface area contributed by atoms with Gasteiger partial charge in [-0.1, -0.05) is 31.0 Å². The van der Waals surface area contributed by atoms with Crippen molar-refractivity contribution in [1.82, 2.24) is 34.0 Å². The van der Waals surface area contributed by atoms with Crippen LogP contribution in [-0.4, -0.2) is 215 Å². The first-order chi connectivity index (χ1) is 50.4. The number of halogens is 3. The van der Waals surface area contributed by atoms with Crippen LogP contribution in [0.5, 0.6) is 5.75 Å². The Morgan fingerprint density at radius 1 is 0.495 bits per heavy atom. The third-order valence-corrected chi connectivity index (χ3v) is 27.7. The van der Waals surface area contributed by atoms with E-state index < -0.39 is 51.7 Å². The van der Waals surface area contributed by atoms with Crippen molar-refractivity contribution in [3.05, 3.63) is 161 Å². The minimum Gasteiger partial charge on any atom is -0.495 e. The molecule has 37 heteroatoms. The summed E-state index contributed by atoms with van der Waals surface area (Å²) in [5.74, 6) is -0.819. The van der Waals surface area contributed by atoms with E-state index in [9.17, 15) is 56.8 Å². The molecule has 6 aliphatic heterocycles. The van der Waals surface area contributed by atoms with E-state index in [4.69, 9.17) is 16.3 Å². The number of thiazole rings is 3. The maximum absolute atomic E-state index is 14.1. The summed E-state index contributed by atoms with van der Waals surface area (Å²) < 4.78 is 142. The molecule has 3 N–H and O–H groups in total. The van der Waals surface area contributed by atoms with E-state index in [0.717, 1.165) is 56.5 Å². The highest BCUT2D eigenvalue weighted by molar-refractivity contribution is 7.93. The number of nitrogens with zero attached hydrogens (tertiary/aromatic N) is 12. The first-order valence-electron chi connectivity index (χ1n) is 33.9. The number of unbranched alkanes of at least 4 members (excludes halogenated alkanes) is 1. The number of piperazine rings is 3. The van der Waals surface area contributed by atoms with Crippen LogP contribution in [0.3, 0.4) is 0 Å². The lowest BCUT2D eigenvalue weighted by Crippen LogP contribution is -2.54. The average molecular weight is 1610 g/mol. The zero-order chi connectivity index (χ0) is 74.2. The Morgan fingerprint density at radius 2 is 0.867 bits per heavy atom. The SMILES string of the molecule is CCCCS(=O)(=O)N1CCN([C@H]2CCN(c3ccc(S(=O)(=O)Nc4nccs4)cc3)C2=O)CC1.COc1ccc(Cl)cc1N1CCN([C@H]2CCN(c3ccc(S(=O)(=O)Nc4nccs4)cc3)C2=O)CC1.O=C1[C@@H](N2CCN(c3cccc(F)c3F)CC2)CCN1c1ccc(S(=O)(=O)Nc2nccs2)cc1.[HH].[HH].[HH].[HH].[HH].[HH]. The minimum atomic E-state index is -3.77. The Balaban J connectivity index is 0.000000253. The molecule has 0 radical (unpaired) electrons. The molecule has 3 amide bonds. The van der Waals surface area contributed by atoms with Gasteiger partial charge in [-0.25, -0.2) is 57.4 Å². The first-order valence-corrected chi connectivity index (χ1v) is 43.0. The first kappa shape index (κ1) is 76.6. The number of ether oxygens (including phenoxy) is 1. The zero-order valence-corrected chi connectivity index (χ0v) is 63.7. The normalized spacial score (nSPS) is 19.7. The number of carbonyl (C=O) groups is 3. The van der Waals surface area contributed by atoms with Crippen molar-refractivity contribution in [2.45, 2.75) is 71.8 Å². The Morgan fingerprint density at radius 3 is 1.22 bits per heavy atom. The molecule has 0 unspecified atom stereocenters. The summed E-state index contributed by atoms with van der Waals surface area (Å²) in [6.07, 6.45) is 8.07. The van der Waals surface area contributed by atoms with E-state index >= 15 is 0 Å². The molecule has 5 aromatic carbocycles. The predicted molar refractivity (Wildman–Crippen MR) is 417 cm³/mol. The molecular formula is C68H90ClF2N15O12S7. The molecule has 0 aliphatic carbocycles. The largest absolute Gasteiger partial charge is 0.495 e. The van der Waals surface area contributed by atoms with Crippen LogP contribution in [0.1, 0.15) is 47.6 Å². The van der Waals surface area contributed by atoms with Crippen molar-refractivity contribution < 1.29 is 70.1 Å². The van der Waals surface area contributed by atoms with E-state index in [1.54, 1.807) is 85.3 Å². The van der Waals surface area contributed by atoms with Crippen LogP contribution >= 0.6 is 45.6 Å². The average Bonchev–Trinajstić information content (AvgIpc) is 1.69. The molecule has 27 nitrogen and oxygen atoms in total. The number of amides is 3. The fourth-order valence-corrected chi connectivity index (χ4v) is 20.6. The number of anilines is 8. The number of aromatic nitrogens is 3. The lowest BCUT2D eigenvalue weighted by molar-refractivity contribution is -0.122. The number of hydrogen-bond donors (Lipinski definition) is 3. The molecule has 0 saturated carbocycles. The molecule has 3 aromatic heterocycles. The van der Waals surface area contributed by atoms with E-state index in [0.29, 0.717) is 124 Å². The van der Waals surface area contributed by atoms with Crippen molar-refractivity contribution in [2.75, 3.05) is 150 Å². The monoisotopic (exact) mass is 1610 g/mol. The van der Waals surface area contributed by atoms with Crippen molar-refractivity contribution in [2.24, 2.45) is 0 Å². The number of nitrogens with one attached hydrogen (secondary N) is 3. The van der Waals surface area contributed by atoms with E-state index in [-0.39, 0.29) is 75.7 Å². The van der Waals surface area contributed by atoms with E-state index in [1.807, 2.05) is 25.1 Å². The number of rotatable bonds is 22. The van der Waals surface area contributed by atoms with Gasteiger partial charge in [-0.05, 0) is 129 Å². The lowest BCUT2D eigenvalue weighted by atomic mass is 10.1. The van der Waals surface area contributed by atoms with Gasteiger partial charge in [0, 0.05) is 164 Å². The summed E-state index contributed by atoms with van der Waals surface area (Å²) in [4.78, 5) is 67.2. The highest BCUT2D eigenvalue weighted by Gasteiger charge is 2.42. The van der Waals surface area contributed by atoms with Gasteiger partial charge in [0.15, 0.2) is 27.0 Å². The summed E-state index contributed by atoms with van der Waals surface area (Å²) in [7, 11) is -12.9. The van der Waals surface area contributed by atoms with Crippen LogP contribution in [0.15, 0.2) is 159 Å². The van der Waals surface area contributed by atoms with E-state index in [1.165, 1.54) is 99.4 Å². The molecule has 572 valence electrons.